The molecule has 1 saturated carbocycles. The van der Waals surface area contributed by atoms with Crippen molar-refractivity contribution in [2.75, 3.05) is 20.2 Å². The Morgan fingerprint density at radius 2 is 1.81 bits per heavy atom. The summed E-state index contributed by atoms with van der Waals surface area (Å²) in [5.74, 6) is 0.621. The Morgan fingerprint density at radius 3 is 2.42 bits per heavy atom. The summed E-state index contributed by atoms with van der Waals surface area (Å²) in [4.78, 5) is 15.5. The Bertz CT molecular complexity index is 1030. The first kappa shape index (κ1) is 21.8. The van der Waals surface area contributed by atoms with E-state index in [-0.39, 0.29) is 22.6 Å². The SMILES string of the molecule is COc1ccc(C(=O)N(Cc2ccccc2)C(C)C2CC2)cc1S(=O)(=O)N1CCCC1. The number of amides is 1. The van der Waals surface area contributed by atoms with Gasteiger partial charge in [-0.25, -0.2) is 8.42 Å². The van der Waals surface area contributed by atoms with Crippen molar-refractivity contribution < 1.29 is 17.9 Å². The van der Waals surface area contributed by atoms with E-state index in [0.29, 0.717) is 31.1 Å². The minimum atomic E-state index is -3.71. The Kier molecular flexibility index (Phi) is 6.34. The van der Waals surface area contributed by atoms with E-state index in [1.54, 1.807) is 12.1 Å². The summed E-state index contributed by atoms with van der Waals surface area (Å²) in [6.45, 7) is 3.59. The molecule has 31 heavy (non-hydrogen) atoms. The molecule has 1 aliphatic carbocycles. The number of ether oxygens (including phenoxy) is 1. The average molecular weight is 443 g/mol. The lowest BCUT2D eigenvalue weighted by atomic mass is 10.1. The molecule has 1 aliphatic heterocycles. The van der Waals surface area contributed by atoms with Crippen molar-refractivity contribution in [2.24, 2.45) is 5.92 Å². The number of hydrogen-bond acceptors (Lipinski definition) is 4. The number of rotatable bonds is 8. The highest BCUT2D eigenvalue weighted by molar-refractivity contribution is 7.89. The van der Waals surface area contributed by atoms with Crippen molar-refractivity contribution in [3.8, 4) is 5.75 Å². The topological polar surface area (TPSA) is 66.9 Å². The third kappa shape index (κ3) is 4.62. The van der Waals surface area contributed by atoms with Crippen LogP contribution in [0, 0.1) is 5.92 Å². The largest absolute Gasteiger partial charge is 0.495 e. The molecule has 1 heterocycles. The first-order valence-electron chi connectivity index (χ1n) is 10.9. The van der Waals surface area contributed by atoms with Crippen molar-refractivity contribution in [3.05, 3.63) is 59.7 Å². The molecule has 1 unspecified atom stereocenters. The molecular weight excluding hydrogens is 412 g/mol. The van der Waals surface area contributed by atoms with Crippen LogP contribution in [0.15, 0.2) is 53.4 Å². The monoisotopic (exact) mass is 442 g/mol. The fraction of sp³-hybridized carbons (Fsp3) is 0.458. The number of benzene rings is 2. The summed E-state index contributed by atoms with van der Waals surface area (Å²) in [5.41, 5.74) is 1.43. The molecule has 1 atom stereocenters. The van der Waals surface area contributed by atoms with Crippen molar-refractivity contribution in [1.29, 1.82) is 0 Å². The van der Waals surface area contributed by atoms with E-state index in [2.05, 4.69) is 6.92 Å². The maximum Gasteiger partial charge on any atom is 0.254 e. The average Bonchev–Trinajstić information content (AvgIpc) is 3.49. The normalized spacial score (nSPS) is 18.0. The number of nitrogens with zero attached hydrogens (tertiary/aromatic N) is 2. The van der Waals surface area contributed by atoms with Crippen LogP contribution in [-0.4, -0.2) is 49.8 Å². The fourth-order valence-electron chi connectivity index (χ4n) is 4.26. The van der Waals surface area contributed by atoms with E-state index in [0.717, 1.165) is 31.2 Å². The minimum absolute atomic E-state index is 0.0708. The molecular formula is C24H30N2O4S. The Morgan fingerprint density at radius 1 is 1.13 bits per heavy atom. The van der Waals surface area contributed by atoms with Crippen molar-refractivity contribution in [1.82, 2.24) is 9.21 Å². The summed E-state index contributed by atoms with van der Waals surface area (Å²) < 4.78 is 33.3. The van der Waals surface area contributed by atoms with Gasteiger partial charge in [0.1, 0.15) is 10.6 Å². The molecule has 6 nitrogen and oxygen atoms in total. The third-order valence-electron chi connectivity index (χ3n) is 6.35. The molecule has 0 radical (unpaired) electrons. The Hall–Kier alpha value is -2.38. The van der Waals surface area contributed by atoms with Crippen molar-refractivity contribution in [2.45, 2.75) is 50.1 Å². The van der Waals surface area contributed by atoms with Crippen LogP contribution in [0.5, 0.6) is 5.75 Å². The number of carbonyl (C=O) groups excluding carboxylic acids is 1. The van der Waals surface area contributed by atoms with E-state index < -0.39 is 10.0 Å². The van der Waals surface area contributed by atoms with Crippen LogP contribution in [0.1, 0.15) is 48.5 Å². The van der Waals surface area contributed by atoms with Gasteiger partial charge in [-0.2, -0.15) is 4.31 Å². The highest BCUT2D eigenvalue weighted by Crippen LogP contribution is 2.37. The summed E-state index contributed by atoms with van der Waals surface area (Å²) >= 11 is 0. The van der Waals surface area contributed by atoms with E-state index in [1.165, 1.54) is 17.5 Å². The summed E-state index contributed by atoms with van der Waals surface area (Å²) in [7, 11) is -2.25. The van der Waals surface area contributed by atoms with Gasteiger partial charge in [-0.05, 0) is 62.3 Å². The molecule has 2 aromatic rings. The molecule has 1 saturated heterocycles. The molecule has 1 amide bonds. The van der Waals surface area contributed by atoms with Gasteiger partial charge in [0.25, 0.3) is 5.91 Å². The second kappa shape index (κ2) is 9.01. The zero-order chi connectivity index (χ0) is 22.0. The fourth-order valence-corrected chi connectivity index (χ4v) is 5.96. The molecule has 2 aliphatic rings. The zero-order valence-corrected chi connectivity index (χ0v) is 19.0. The molecule has 2 fully saturated rings. The Balaban J connectivity index is 1.68. The molecule has 0 N–H and O–H groups in total. The van der Waals surface area contributed by atoms with Gasteiger partial charge in [0.2, 0.25) is 10.0 Å². The van der Waals surface area contributed by atoms with E-state index >= 15 is 0 Å². The van der Waals surface area contributed by atoms with Crippen LogP contribution in [0.4, 0.5) is 0 Å². The molecule has 166 valence electrons. The van der Waals surface area contributed by atoms with Gasteiger partial charge in [-0.15, -0.1) is 0 Å². The van der Waals surface area contributed by atoms with Gasteiger partial charge in [0, 0.05) is 31.2 Å². The van der Waals surface area contributed by atoms with E-state index in [9.17, 15) is 13.2 Å². The van der Waals surface area contributed by atoms with Gasteiger partial charge in [0.15, 0.2) is 0 Å². The van der Waals surface area contributed by atoms with E-state index in [1.807, 2.05) is 35.2 Å². The van der Waals surface area contributed by atoms with Gasteiger partial charge >= 0.3 is 0 Å². The minimum Gasteiger partial charge on any atom is -0.495 e. The first-order valence-corrected chi connectivity index (χ1v) is 12.4. The standard InChI is InChI=1S/C24H30N2O4S/c1-18(20-10-11-20)26(17-19-8-4-3-5-9-19)24(27)21-12-13-22(30-2)23(16-21)31(28,29)25-14-6-7-15-25/h3-5,8-9,12-13,16,18,20H,6-7,10-11,14-15,17H2,1-2H3. The molecule has 7 heteroatoms. The summed E-state index contributed by atoms with van der Waals surface area (Å²) in [5, 5.41) is 0. The van der Waals surface area contributed by atoms with Crippen molar-refractivity contribution >= 4 is 15.9 Å². The van der Waals surface area contributed by atoms with Crippen LogP contribution < -0.4 is 4.74 Å². The second-order valence-electron chi connectivity index (χ2n) is 8.47. The number of hydrogen-bond donors (Lipinski definition) is 0. The van der Waals surface area contributed by atoms with Crippen LogP contribution in [0.3, 0.4) is 0 Å². The smallest absolute Gasteiger partial charge is 0.254 e. The lowest BCUT2D eigenvalue weighted by Crippen LogP contribution is -2.39. The van der Waals surface area contributed by atoms with Gasteiger partial charge in [0.05, 0.1) is 7.11 Å². The van der Waals surface area contributed by atoms with E-state index in [4.69, 9.17) is 4.74 Å². The van der Waals surface area contributed by atoms with Crippen LogP contribution in [0.25, 0.3) is 0 Å². The third-order valence-corrected chi connectivity index (χ3v) is 8.27. The van der Waals surface area contributed by atoms with Gasteiger partial charge in [-0.1, -0.05) is 30.3 Å². The molecule has 0 bridgehead atoms. The Labute approximate surface area is 184 Å². The molecule has 0 aromatic heterocycles. The first-order chi connectivity index (χ1) is 14.9. The van der Waals surface area contributed by atoms with Crippen LogP contribution in [0.2, 0.25) is 0 Å². The second-order valence-corrected chi connectivity index (χ2v) is 10.4. The summed E-state index contributed by atoms with van der Waals surface area (Å²) in [6, 6.07) is 14.8. The van der Waals surface area contributed by atoms with Gasteiger partial charge < -0.3 is 9.64 Å². The number of carbonyl (C=O) groups is 1. The van der Waals surface area contributed by atoms with Crippen LogP contribution in [-0.2, 0) is 16.6 Å². The van der Waals surface area contributed by atoms with Crippen LogP contribution >= 0.6 is 0 Å². The predicted molar refractivity (Wildman–Crippen MR) is 119 cm³/mol. The molecule has 0 spiro atoms. The maximum atomic E-state index is 13.6. The highest BCUT2D eigenvalue weighted by Gasteiger charge is 2.36. The predicted octanol–water partition coefficient (Wildman–Crippen LogP) is 3.92. The highest BCUT2D eigenvalue weighted by atomic mass is 32.2. The quantitative estimate of drug-likeness (QED) is 0.621. The van der Waals surface area contributed by atoms with Crippen molar-refractivity contribution in [3.63, 3.8) is 0 Å². The maximum absolute atomic E-state index is 13.6. The number of methoxy groups -OCH3 is 1. The molecule has 2 aromatic carbocycles. The van der Waals surface area contributed by atoms with Gasteiger partial charge in [-0.3, -0.25) is 4.79 Å². The number of sulfonamides is 1. The zero-order valence-electron chi connectivity index (χ0n) is 18.2. The summed E-state index contributed by atoms with van der Waals surface area (Å²) in [6.07, 6.45) is 3.95. The molecule has 4 rings (SSSR count). The lowest BCUT2D eigenvalue weighted by molar-refractivity contribution is 0.0654. The lowest BCUT2D eigenvalue weighted by Gasteiger charge is -2.30.